The Morgan fingerprint density at radius 1 is 1.28 bits per heavy atom. The van der Waals surface area contributed by atoms with Crippen molar-refractivity contribution in [3.63, 3.8) is 0 Å². The Hall–Kier alpha value is -2.47. The Morgan fingerprint density at radius 2 is 2.08 bits per heavy atom. The molecular formula is C19H17FN2O2S. The monoisotopic (exact) mass is 356 g/mol. The summed E-state index contributed by atoms with van der Waals surface area (Å²) in [7, 11) is 1.60. The Labute approximate surface area is 148 Å². The van der Waals surface area contributed by atoms with Crippen LogP contribution in [-0.4, -0.2) is 18.0 Å². The molecule has 0 saturated heterocycles. The summed E-state index contributed by atoms with van der Waals surface area (Å²) >= 11 is 1.41. The molecule has 1 aliphatic rings. The molecule has 6 heteroatoms. The maximum absolute atomic E-state index is 13.6. The third-order valence-corrected chi connectivity index (χ3v) is 5.78. The predicted molar refractivity (Wildman–Crippen MR) is 96.7 cm³/mol. The van der Waals surface area contributed by atoms with Gasteiger partial charge in [-0.1, -0.05) is 36.0 Å². The molecule has 3 aromatic rings. The number of aromatic nitrogens is 1. The topological polar surface area (TPSA) is 51.2 Å². The van der Waals surface area contributed by atoms with Crippen molar-refractivity contribution >= 4 is 32.6 Å². The van der Waals surface area contributed by atoms with Gasteiger partial charge in [0.15, 0.2) is 5.13 Å². The van der Waals surface area contributed by atoms with Gasteiger partial charge in [0, 0.05) is 0 Å². The second kappa shape index (κ2) is 6.11. The van der Waals surface area contributed by atoms with Crippen molar-refractivity contribution < 1.29 is 13.9 Å². The first-order valence-corrected chi connectivity index (χ1v) is 8.95. The second-order valence-corrected chi connectivity index (χ2v) is 7.26. The van der Waals surface area contributed by atoms with Crippen molar-refractivity contribution in [1.29, 1.82) is 0 Å². The van der Waals surface area contributed by atoms with Gasteiger partial charge < -0.3 is 10.1 Å². The van der Waals surface area contributed by atoms with Crippen molar-refractivity contribution in [3.8, 4) is 5.75 Å². The lowest BCUT2D eigenvalue weighted by molar-refractivity contribution is -0.124. The Bertz CT molecular complexity index is 950. The lowest BCUT2D eigenvalue weighted by Crippen LogP contribution is -2.46. The van der Waals surface area contributed by atoms with Crippen LogP contribution in [0.4, 0.5) is 9.52 Å². The molecule has 0 atom stereocenters. The molecule has 1 heterocycles. The number of fused-ring (bicyclic) bond motifs is 1. The number of para-hydroxylation sites is 1. The van der Waals surface area contributed by atoms with Crippen LogP contribution in [0.25, 0.3) is 10.2 Å². The molecule has 2 aromatic carbocycles. The molecule has 4 rings (SSSR count). The number of anilines is 1. The highest BCUT2D eigenvalue weighted by Gasteiger charge is 2.46. The van der Waals surface area contributed by atoms with Gasteiger partial charge in [-0.3, -0.25) is 4.79 Å². The van der Waals surface area contributed by atoms with Crippen LogP contribution in [0.2, 0.25) is 0 Å². The molecule has 1 saturated carbocycles. The molecule has 0 unspecified atom stereocenters. The van der Waals surface area contributed by atoms with Crippen LogP contribution in [0.15, 0.2) is 42.5 Å². The van der Waals surface area contributed by atoms with Crippen molar-refractivity contribution in [2.24, 2.45) is 0 Å². The fourth-order valence-electron chi connectivity index (χ4n) is 3.32. The quantitative estimate of drug-likeness (QED) is 0.748. The van der Waals surface area contributed by atoms with Gasteiger partial charge in [0.1, 0.15) is 17.1 Å². The number of methoxy groups -OCH3 is 1. The zero-order valence-corrected chi connectivity index (χ0v) is 14.5. The molecule has 0 bridgehead atoms. The number of ether oxygens (including phenoxy) is 1. The Balaban J connectivity index is 1.65. The first-order valence-electron chi connectivity index (χ1n) is 8.13. The first kappa shape index (κ1) is 16.0. The summed E-state index contributed by atoms with van der Waals surface area (Å²) in [4.78, 5) is 17.5. The molecule has 128 valence electrons. The number of amides is 1. The van der Waals surface area contributed by atoms with E-state index in [2.05, 4.69) is 10.3 Å². The maximum atomic E-state index is 13.6. The van der Waals surface area contributed by atoms with Gasteiger partial charge >= 0.3 is 0 Å². The maximum Gasteiger partial charge on any atom is 0.236 e. The second-order valence-electron chi connectivity index (χ2n) is 6.23. The summed E-state index contributed by atoms with van der Waals surface area (Å²) in [6.07, 6.45) is 2.39. The minimum Gasteiger partial charge on any atom is -0.494 e. The first-order chi connectivity index (χ1) is 12.1. The van der Waals surface area contributed by atoms with E-state index in [0.29, 0.717) is 10.9 Å². The average molecular weight is 356 g/mol. The lowest BCUT2D eigenvalue weighted by atomic mass is 9.64. The number of nitrogens with zero attached hydrogens (tertiary/aromatic N) is 1. The zero-order chi connectivity index (χ0) is 17.4. The van der Waals surface area contributed by atoms with Crippen molar-refractivity contribution in [1.82, 2.24) is 4.98 Å². The van der Waals surface area contributed by atoms with Gasteiger partial charge in [-0.2, -0.15) is 0 Å². The molecule has 0 aliphatic heterocycles. The lowest BCUT2D eigenvalue weighted by Gasteiger charge is -2.40. The van der Waals surface area contributed by atoms with Crippen LogP contribution >= 0.6 is 11.3 Å². The Kier molecular flexibility index (Phi) is 3.92. The summed E-state index contributed by atoms with van der Waals surface area (Å²) in [5.41, 5.74) is 0.804. The van der Waals surface area contributed by atoms with E-state index in [1.54, 1.807) is 13.2 Å². The third kappa shape index (κ3) is 2.66. The normalized spacial score (nSPS) is 15.6. The predicted octanol–water partition coefficient (Wildman–Crippen LogP) is 4.50. The van der Waals surface area contributed by atoms with Crippen LogP contribution < -0.4 is 10.1 Å². The highest BCUT2D eigenvalue weighted by atomic mass is 32.1. The van der Waals surface area contributed by atoms with E-state index in [-0.39, 0.29) is 11.7 Å². The van der Waals surface area contributed by atoms with E-state index in [0.717, 1.165) is 35.0 Å². The van der Waals surface area contributed by atoms with E-state index in [4.69, 9.17) is 4.74 Å². The summed E-state index contributed by atoms with van der Waals surface area (Å²) in [5, 5.41) is 3.47. The van der Waals surface area contributed by atoms with Gasteiger partial charge in [0.05, 0.1) is 17.2 Å². The van der Waals surface area contributed by atoms with E-state index in [9.17, 15) is 9.18 Å². The van der Waals surface area contributed by atoms with Crippen molar-refractivity contribution in [3.05, 3.63) is 53.8 Å². The number of carbonyl (C=O) groups is 1. The van der Waals surface area contributed by atoms with Crippen LogP contribution in [0.1, 0.15) is 24.8 Å². The molecule has 0 radical (unpaired) electrons. The molecule has 1 fully saturated rings. The smallest absolute Gasteiger partial charge is 0.236 e. The van der Waals surface area contributed by atoms with Crippen LogP contribution in [0.3, 0.4) is 0 Å². The van der Waals surface area contributed by atoms with Crippen LogP contribution in [-0.2, 0) is 10.2 Å². The van der Waals surface area contributed by atoms with E-state index in [1.807, 2.05) is 24.3 Å². The number of benzene rings is 2. The minimum absolute atomic E-state index is 0.123. The zero-order valence-electron chi connectivity index (χ0n) is 13.7. The van der Waals surface area contributed by atoms with Crippen LogP contribution in [0, 0.1) is 5.82 Å². The molecule has 1 aromatic heterocycles. The SMILES string of the molecule is COc1cccc2sc(NC(=O)C3(c4cccc(F)c4)CCC3)nc12. The summed E-state index contributed by atoms with van der Waals surface area (Å²) in [6.45, 7) is 0. The molecule has 25 heavy (non-hydrogen) atoms. The largest absolute Gasteiger partial charge is 0.494 e. The number of nitrogens with one attached hydrogen (secondary N) is 1. The summed E-state index contributed by atoms with van der Waals surface area (Å²) < 4.78 is 19.9. The highest BCUT2D eigenvalue weighted by Crippen LogP contribution is 2.45. The molecule has 0 spiro atoms. The number of carbonyl (C=O) groups excluding carboxylic acids is 1. The molecule has 1 amide bonds. The number of thiazole rings is 1. The fourth-order valence-corrected chi connectivity index (χ4v) is 4.20. The third-order valence-electron chi connectivity index (χ3n) is 4.84. The number of halogens is 1. The van der Waals surface area contributed by atoms with Gasteiger partial charge in [-0.15, -0.1) is 0 Å². The number of rotatable bonds is 4. The van der Waals surface area contributed by atoms with E-state index in [1.165, 1.54) is 23.5 Å². The number of hydrogen-bond donors (Lipinski definition) is 1. The van der Waals surface area contributed by atoms with Crippen molar-refractivity contribution in [2.75, 3.05) is 12.4 Å². The minimum atomic E-state index is -0.663. The average Bonchev–Trinajstić information content (AvgIpc) is 2.96. The number of hydrogen-bond acceptors (Lipinski definition) is 4. The Morgan fingerprint density at radius 3 is 2.76 bits per heavy atom. The van der Waals surface area contributed by atoms with Gasteiger partial charge in [-0.25, -0.2) is 9.37 Å². The van der Waals surface area contributed by atoms with Gasteiger partial charge in [0.25, 0.3) is 0 Å². The van der Waals surface area contributed by atoms with Crippen molar-refractivity contribution in [2.45, 2.75) is 24.7 Å². The standard InChI is InChI=1S/C19H17FN2O2S/c1-24-14-7-3-8-15-16(14)21-18(25-15)22-17(23)19(9-4-10-19)12-5-2-6-13(20)11-12/h2-3,5-8,11H,4,9-10H2,1H3,(H,21,22,23). The summed E-state index contributed by atoms with van der Waals surface area (Å²) in [6, 6.07) is 12.0. The highest BCUT2D eigenvalue weighted by molar-refractivity contribution is 7.22. The van der Waals surface area contributed by atoms with E-state index >= 15 is 0 Å². The van der Waals surface area contributed by atoms with Crippen LogP contribution in [0.5, 0.6) is 5.75 Å². The molecule has 4 nitrogen and oxygen atoms in total. The van der Waals surface area contributed by atoms with Gasteiger partial charge in [0.2, 0.25) is 5.91 Å². The summed E-state index contributed by atoms with van der Waals surface area (Å²) in [5.74, 6) is 0.237. The molecular weight excluding hydrogens is 339 g/mol. The molecule has 1 aliphatic carbocycles. The molecule has 1 N–H and O–H groups in total. The fraction of sp³-hybridized carbons (Fsp3) is 0.263. The van der Waals surface area contributed by atoms with Gasteiger partial charge in [-0.05, 0) is 42.7 Å². The van der Waals surface area contributed by atoms with E-state index < -0.39 is 5.41 Å².